The fourth-order valence-corrected chi connectivity index (χ4v) is 3.38. The maximum atomic E-state index is 12.6. The second kappa shape index (κ2) is 7.41. The molecular formula is C17H29NO3. The summed E-state index contributed by atoms with van der Waals surface area (Å²) in [7, 11) is 2.08. The zero-order chi connectivity index (χ0) is 15.3. The van der Waals surface area contributed by atoms with Crippen LogP contribution >= 0.6 is 0 Å². The van der Waals surface area contributed by atoms with E-state index < -0.39 is 11.6 Å². The van der Waals surface area contributed by atoms with Crippen LogP contribution < -0.4 is 0 Å². The summed E-state index contributed by atoms with van der Waals surface area (Å²) in [6.07, 6.45) is 10.1. The average molecular weight is 295 g/mol. The molecule has 1 saturated carbocycles. The molecule has 0 spiro atoms. The summed E-state index contributed by atoms with van der Waals surface area (Å²) < 4.78 is 5.65. The van der Waals surface area contributed by atoms with E-state index in [1.54, 1.807) is 6.08 Å². The van der Waals surface area contributed by atoms with Gasteiger partial charge < -0.3 is 14.7 Å². The molecule has 1 heterocycles. The van der Waals surface area contributed by atoms with Crippen LogP contribution in [0.4, 0.5) is 0 Å². The van der Waals surface area contributed by atoms with Crippen molar-refractivity contribution in [2.24, 2.45) is 5.92 Å². The van der Waals surface area contributed by atoms with Crippen molar-refractivity contribution in [1.29, 1.82) is 0 Å². The highest BCUT2D eigenvalue weighted by Gasteiger charge is 2.45. The number of hydrogen-bond donors (Lipinski definition) is 1. The van der Waals surface area contributed by atoms with Gasteiger partial charge in [-0.3, -0.25) is 0 Å². The van der Waals surface area contributed by atoms with E-state index in [4.69, 9.17) is 4.74 Å². The largest absolute Gasteiger partial charge is 0.460 e. The van der Waals surface area contributed by atoms with Crippen LogP contribution in [0.5, 0.6) is 0 Å². The minimum absolute atomic E-state index is 0.0130. The molecule has 0 radical (unpaired) electrons. The Labute approximate surface area is 128 Å². The quantitative estimate of drug-likeness (QED) is 0.625. The van der Waals surface area contributed by atoms with E-state index in [2.05, 4.69) is 11.9 Å². The molecule has 1 aliphatic heterocycles. The second-order valence-corrected chi connectivity index (χ2v) is 6.53. The van der Waals surface area contributed by atoms with Gasteiger partial charge in [0.15, 0.2) is 5.60 Å². The average Bonchev–Trinajstić information content (AvgIpc) is 3.02. The van der Waals surface area contributed by atoms with Crippen molar-refractivity contribution in [2.75, 3.05) is 20.1 Å². The molecule has 1 N–H and O–H groups in total. The molecule has 2 rings (SSSR count). The van der Waals surface area contributed by atoms with Crippen molar-refractivity contribution in [2.45, 2.75) is 63.6 Å². The van der Waals surface area contributed by atoms with Crippen LogP contribution in [0.15, 0.2) is 12.2 Å². The van der Waals surface area contributed by atoms with Crippen LogP contribution in [0.25, 0.3) is 0 Å². The Hall–Kier alpha value is -0.870. The van der Waals surface area contributed by atoms with Crippen molar-refractivity contribution < 1.29 is 14.6 Å². The Bertz CT molecular complexity index is 368. The van der Waals surface area contributed by atoms with Gasteiger partial charge in [0.2, 0.25) is 0 Å². The van der Waals surface area contributed by atoms with E-state index in [1.807, 2.05) is 13.0 Å². The van der Waals surface area contributed by atoms with Crippen molar-refractivity contribution in [3.05, 3.63) is 12.2 Å². The summed E-state index contributed by atoms with van der Waals surface area (Å²) in [5.74, 6) is -0.423. The molecule has 4 heteroatoms. The van der Waals surface area contributed by atoms with E-state index in [1.165, 1.54) is 0 Å². The molecule has 1 aliphatic carbocycles. The third-order valence-electron chi connectivity index (χ3n) is 4.85. The standard InChI is InChI=1S/C17H29NO3/c1-3-4-11-17(20,14-7-5-6-8-14)16(19)21-15-9-12-18(2)13-10-15/h4,11,14-15,20H,3,5-10,12-13H2,1-2H3/b11-4+/t17-/m0/s1. The van der Waals surface area contributed by atoms with Gasteiger partial charge in [0.25, 0.3) is 0 Å². The lowest BCUT2D eigenvalue weighted by Crippen LogP contribution is -2.47. The van der Waals surface area contributed by atoms with Gasteiger partial charge in [0, 0.05) is 19.0 Å². The smallest absolute Gasteiger partial charge is 0.342 e. The molecule has 120 valence electrons. The van der Waals surface area contributed by atoms with Crippen LogP contribution in [0.1, 0.15) is 51.9 Å². The normalized spacial score (nSPS) is 25.3. The summed E-state index contributed by atoms with van der Waals surface area (Å²) in [4.78, 5) is 14.8. The number of allylic oxidation sites excluding steroid dienone is 1. The molecular weight excluding hydrogens is 266 g/mol. The van der Waals surface area contributed by atoms with Gasteiger partial charge in [0.05, 0.1) is 0 Å². The van der Waals surface area contributed by atoms with E-state index in [0.717, 1.165) is 58.0 Å². The monoisotopic (exact) mass is 295 g/mol. The number of ether oxygens (including phenoxy) is 1. The van der Waals surface area contributed by atoms with Gasteiger partial charge in [0.1, 0.15) is 6.10 Å². The fraction of sp³-hybridized carbons (Fsp3) is 0.824. The minimum atomic E-state index is -1.42. The lowest BCUT2D eigenvalue weighted by Gasteiger charge is -2.33. The second-order valence-electron chi connectivity index (χ2n) is 6.53. The summed E-state index contributed by atoms with van der Waals surface area (Å²) >= 11 is 0. The summed E-state index contributed by atoms with van der Waals surface area (Å²) in [5.41, 5.74) is -1.42. The molecule has 21 heavy (non-hydrogen) atoms. The number of esters is 1. The Morgan fingerprint density at radius 2 is 1.90 bits per heavy atom. The lowest BCUT2D eigenvalue weighted by molar-refractivity contribution is -0.173. The van der Waals surface area contributed by atoms with Gasteiger partial charge in [-0.1, -0.05) is 25.8 Å². The molecule has 2 aliphatic rings. The number of hydrogen-bond acceptors (Lipinski definition) is 4. The van der Waals surface area contributed by atoms with E-state index in [9.17, 15) is 9.90 Å². The third-order valence-corrected chi connectivity index (χ3v) is 4.85. The number of aliphatic hydroxyl groups is 1. The molecule has 1 saturated heterocycles. The maximum absolute atomic E-state index is 12.6. The van der Waals surface area contributed by atoms with Gasteiger partial charge >= 0.3 is 5.97 Å². The predicted molar refractivity (Wildman–Crippen MR) is 82.9 cm³/mol. The number of piperidine rings is 1. The fourth-order valence-electron chi connectivity index (χ4n) is 3.38. The summed E-state index contributed by atoms with van der Waals surface area (Å²) in [6, 6.07) is 0. The Morgan fingerprint density at radius 1 is 1.29 bits per heavy atom. The first-order valence-corrected chi connectivity index (χ1v) is 8.36. The molecule has 0 aromatic rings. The number of likely N-dealkylation sites (tertiary alicyclic amines) is 1. The highest BCUT2D eigenvalue weighted by molar-refractivity contribution is 5.82. The molecule has 4 nitrogen and oxygen atoms in total. The molecule has 0 aromatic heterocycles. The van der Waals surface area contributed by atoms with Gasteiger partial charge in [-0.25, -0.2) is 4.79 Å². The topological polar surface area (TPSA) is 49.8 Å². The van der Waals surface area contributed by atoms with Crippen LogP contribution in [0, 0.1) is 5.92 Å². The Morgan fingerprint density at radius 3 is 2.48 bits per heavy atom. The molecule has 2 fully saturated rings. The third kappa shape index (κ3) is 4.07. The minimum Gasteiger partial charge on any atom is -0.460 e. The highest BCUT2D eigenvalue weighted by Crippen LogP contribution is 2.36. The van der Waals surface area contributed by atoms with Crippen molar-refractivity contribution >= 4 is 5.97 Å². The molecule has 0 amide bonds. The van der Waals surface area contributed by atoms with E-state index >= 15 is 0 Å². The summed E-state index contributed by atoms with van der Waals surface area (Å²) in [5, 5.41) is 10.9. The molecule has 0 unspecified atom stereocenters. The van der Waals surface area contributed by atoms with Crippen LogP contribution in [0.3, 0.4) is 0 Å². The first kappa shape index (κ1) is 16.5. The van der Waals surface area contributed by atoms with Gasteiger partial charge in [-0.15, -0.1) is 0 Å². The predicted octanol–water partition coefficient (Wildman–Crippen LogP) is 2.51. The highest BCUT2D eigenvalue weighted by atomic mass is 16.6. The number of nitrogens with zero attached hydrogens (tertiary/aromatic N) is 1. The number of rotatable bonds is 5. The van der Waals surface area contributed by atoms with E-state index in [0.29, 0.717) is 0 Å². The molecule has 1 atom stereocenters. The van der Waals surface area contributed by atoms with Crippen LogP contribution in [-0.2, 0) is 9.53 Å². The van der Waals surface area contributed by atoms with Gasteiger partial charge in [-0.2, -0.15) is 0 Å². The SMILES string of the molecule is CC/C=C/[C@@](O)(C(=O)OC1CCN(C)CC1)C1CCCC1. The summed E-state index contributed by atoms with van der Waals surface area (Å²) in [6.45, 7) is 3.91. The number of carbonyl (C=O) groups is 1. The first-order valence-electron chi connectivity index (χ1n) is 8.36. The lowest BCUT2D eigenvalue weighted by atomic mass is 9.85. The number of carbonyl (C=O) groups excluding carboxylic acids is 1. The van der Waals surface area contributed by atoms with Crippen molar-refractivity contribution in [1.82, 2.24) is 4.90 Å². The molecule has 0 aromatic carbocycles. The van der Waals surface area contributed by atoms with Gasteiger partial charge in [-0.05, 0) is 45.2 Å². The Balaban J connectivity index is 2.01. The zero-order valence-corrected chi connectivity index (χ0v) is 13.4. The Kier molecular flexibility index (Phi) is 5.82. The zero-order valence-electron chi connectivity index (χ0n) is 13.4. The van der Waals surface area contributed by atoms with Crippen molar-refractivity contribution in [3.8, 4) is 0 Å². The maximum Gasteiger partial charge on any atom is 0.342 e. The first-order chi connectivity index (χ1) is 10.1. The van der Waals surface area contributed by atoms with Crippen LogP contribution in [-0.4, -0.2) is 47.8 Å². The van der Waals surface area contributed by atoms with Crippen molar-refractivity contribution in [3.63, 3.8) is 0 Å². The molecule has 0 bridgehead atoms. The van der Waals surface area contributed by atoms with Crippen LogP contribution in [0.2, 0.25) is 0 Å². The van der Waals surface area contributed by atoms with E-state index in [-0.39, 0.29) is 12.0 Å².